The van der Waals surface area contributed by atoms with Gasteiger partial charge in [0.25, 0.3) is 0 Å². The third-order valence-electron chi connectivity index (χ3n) is 6.84. The molecule has 1 fully saturated rings. The van der Waals surface area contributed by atoms with Gasteiger partial charge in [-0.25, -0.2) is 4.79 Å². The van der Waals surface area contributed by atoms with Crippen LogP contribution in [0.4, 0.5) is 0 Å². The Bertz CT molecular complexity index is 597. The highest BCUT2D eigenvalue weighted by atomic mass is 28.4. The zero-order valence-corrected chi connectivity index (χ0v) is 18.0. The summed E-state index contributed by atoms with van der Waals surface area (Å²) < 4.78 is 12.0. The van der Waals surface area contributed by atoms with Crippen LogP contribution in [0.5, 0.6) is 0 Å². The fraction of sp³-hybridized carbons (Fsp3) is 0.714. The molecule has 1 heterocycles. The molecule has 26 heavy (non-hydrogen) atoms. The van der Waals surface area contributed by atoms with E-state index in [1.807, 2.05) is 13.0 Å². The maximum atomic E-state index is 12.8. The molecule has 1 saturated carbocycles. The topological polar surface area (TPSA) is 52.6 Å². The summed E-state index contributed by atoms with van der Waals surface area (Å²) >= 11 is 0. The molecule has 1 aliphatic carbocycles. The Balaban J connectivity index is 2.44. The van der Waals surface area contributed by atoms with Gasteiger partial charge in [0.05, 0.1) is 17.1 Å². The Hall–Kier alpha value is -1.20. The number of ketones is 1. The second kappa shape index (κ2) is 8.22. The van der Waals surface area contributed by atoms with Crippen LogP contribution in [-0.4, -0.2) is 32.8 Å². The van der Waals surface area contributed by atoms with Crippen LogP contribution in [0.1, 0.15) is 53.9 Å². The lowest BCUT2D eigenvalue weighted by atomic mass is 9.73. The van der Waals surface area contributed by atoms with Crippen molar-refractivity contribution in [2.45, 2.75) is 78.1 Å². The van der Waals surface area contributed by atoms with E-state index >= 15 is 0 Å². The number of cyclic esters (lactones) is 1. The van der Waals surface area contributed by atoms with Gasteiger partial charge in [-0.05, 0) is 49.4 Å². The summed E-state index contributed by atoms with van der Waals surface area (Å²) in [4.78, 5) is 25.2. The molecule has 0 spiro atoms. The fourth-order valence-corrected chi connectivity index (χ4v) is 7.35. The van der Waals surface area contributed by atoms with Crippen LogP contribution in [0, 0.1) is 11.3 Å². The monoisotopic (exact) mass is 378 g/mol. The van der Waals surface area contributed by atoms with Crippen molar-refractivity contribution in [1.82, 2.24) is 0 Å². The normalized spacial score (nSPS) is 27.8. The van der Waals surface area contributed by atoms with Gasteiger partial charge < -0.3 is 9.16 Å². The van der Waals surface area contributed by atoms with Crippen LogP contribution in [0.25, 0.3) is 0 Å². The lowest BCUT2D eigenvalue weighted by Gasteiger charge is -2.38. The molecule has 0 aromatic heterocycles. The first kappa shape index (κ1) is 21.1. The largest absolute Gasteiger partial charge is 0.458 e. The molecule has 0 unspecified atom stereocenters. The molecule has 2 rings (SSSR count). The Morgan fingerprint density at radius 3 is 2.31 bits per heavy atom. The van der Waals surface area contributed by atoms with E-state index in [0.29, 0.717) is 25.0 Å². The summed E-state index contributed by atoms with van der Waals surface area (Å²) in [5, 5.41) is 0. The van der Waals surface area contributed by atoms with E-state index in [0.717, 1.165) is 30.1 Å². The molecule has 1 aliphatic heterocycles. The fourth-order valence-electron chi connectivity index (χ4n) is 4.55. The third kappa shape index (κ3) is 3.61. The first-order valence-electron chi connectivity index (χ1n) is 10.0. The first-order chi connectivity index (χ1) is 12.3. The van der Waals surface area contributed by atoms with E-state index in [1.54, 1.807) is 0 Å². The van der Waals surface area contributed by atoms with Crippen molar-refractivity contribution < 1.29 is 18.8 Å². The summed E-state index contributed by atoms with van der Waals surface area (Å²) in [7, 11) is -1.96. The molecule has 146 valence electrons. The Kier molecular flexibility index (Phi) is 6.67. The molecule has 2 aliphatic rings. The zero-order valence-electron chi connectivity index (χ0n) is 17.0. The number of ether oxygens (including phenoxy) is 1. The average molecular weight is 379 g/mol. The molecule has 5 heteroatoms. The number of carbonyl (C=O) groups excluding carboxylic acids is 2. The molecule has 0 saturated heterocycles. The SMILES string of the molecule is C=C[C@@]1(C[C@H](O[Si](CC)(CC)CC)C2=C(C)COC2=O)C(=O)CC[C@H]1C. The van der Waals surface area contributed by atoms with Crippen molar-refractivity contribution in [1.29, 1.82) is 0 Å². The van der Waals surface area contributed by atoms with Gasteiger partial charge >= 0.3 is 5.97 Å². The molecule has 0 amide bonds. The summed E-state index contributed by atoms with van der Waals surface area (Å²) in [5.41, 5.74) is 0.977. The van der Waals surface area contributed by atoms with Gasteiger partial charge in [0.2, 0.25) is 0 Å². The minimum atomic E-state index is -1.96. The lowest BCUT2D eigenvalue weighted by Crippen LogP contribution is -2.44. The molecule has 0 N–H and O–H groups in total. The van der Waals surface area contributed by atoms with E-state index in [4.69, 9.17) is 9.16 Å². The van der Waals surface area contributed by atoms with Crippen LogP contribution in [0.2, 0.25) is 18.1 Å². The molecule has 0 aromatic carbocycles. The number of allylic oxidation sites excluding steroid dienone is 1. The van der Waals surface area contributed by atoms with Crippen molar-refractivity contribution in [2.24, 2.45) is 11.3 Å². The number of hydrogen-bond donors (Lipinski definition) is 0. The molecule has 4 nitrogen and oxygen atoms in total. The molecule has 3 atom stereocenters. The highest BCUT2D eigenvalue weighted by molar-refractivity contribution is 6.73. The van der Waals surface area contributed by atoms with Crippen molar-refractivity contribution in [2.75, 3.05) is 6.61 Å². The molecular formula is C21H34O4Si. The molecule has 0 bridgehead atoms. The van der Waals surface area contributed by atoms with E-state index in [9.17, 15) is 9.59 Å². The standard InChI is InChI=1S/C21H34O4Si/c1-7-21(16(6)11-12-18(21)22)13-17(19-15(5)14-24-20(19)23)25-26(8-2,9-3)10-4/h7,16-17H,1,8-14H2,2-6H3/t16-,17+,21+/m1/s1. The van der Waals surface area contributed by atoms with Crippen LogP contribution in [-0.2, 0) is 18.8 Å². The predicted octanol–water partition coefficient (Wildman–Crippen LogP) is 4.81. The van der Waals surface area contributed by atoms with E-state index < -0.39 is 13.7 Å². The summed E-state index contributed by atoms with van der Waals surface area (Å²) in [6, 6.07) is 3.01. The van der Waals surface area contributed by atoms with E-state index in [1.165, 1.54) is 0 Å². The van der Waals surface area contributed by atoms with Gasteiger partial charge in [-0.2, -0.15) is 0 Å². The number of rotatable bonds is 9. The van der Waals surface area contributed by atoms with Crippen LogP contribution >= 0.6 is 0 Å². The van der Waals surface area contributed by atoms with Crippen LogP contribution in [0.15, 0.2) is 23.8 Å². The number of esters is 1. The minimum absolute atomic E-state index is 0.220. The smallest absolute Gasteiger partial charge is 0.337 e. The maximum absolute atomic E-state index is 12.8. The highest BCUT2D eigenvalue weighted by Crippen LogP contribution is 2.47. The van der Waals surface area contributed by atoms with Gasteiger partial charge in [-0.3, -0.25) is 4.79 Å². The Morgan fingerprint density at radius 2 is 1.92 bits per heavy atom. The van der Waals surface area contributed by atoms with Crippen molar-refractivity contribution in [3.63, 3.8) is 0 Å². The lowest BCUT2D eigenvalue weighted by molar-refractivity contribution is -0.137. The summed E-state index contributed by atoms with van der Waals surface area (Å²) in [6.45, 7) is 14.9. The van der Waals surface area contributed by atoms with E-state index in [2.05, 4.69) is 34.3 Å². The maximum Gasteiger partial charge on any atom is 0.337 e. The summed E-state index contributed by atoms with van der Waals surface area (Å²) in [6.07, 6.45) is 3.40. The van der Waals surface area contributed by atoms with Crippen LogP contribution < -0.4 is 0 Å². The molecule has 0 aromatic rings. The van der Waals surface area contributed by atoms with Gasteiger partial charge in [0.15, 0.2) is 8.32 Å². The van der Waals surface area contributed by atoms with Gasteiger partial charge in [0.1, 0.15) is 12.4 Å². The average Bonchev–Trinajstić information content (AvgIpc) is 3.12. The number of Topliss-reactive ketones (excluding diaryl/α,β-unsaturated/α-hetero) is 1. The highest BCUT2D eigenvalue weighted by Gasteiger charge is 2.49. The predicted molar refractivity (Wildman–Crippen MR) is 106 cm³/mol. The van der Waals surface area contributed by atoms with Crippen molar-refractivity contribution in [3.05, 3.63) is 23.8 Å². The first-order valence-corrected chi connectivity index (χ1v) is 12.5. The molecular weight excluding hydrogens is 344 g/mol. The number of carbonyl (C=O) groups is 2. The van der Waals surface area contributed by atoms with Gasteiger partial charge in [0, 0.05) is 6.42 Å². The van der Waals surface area contributed by atoms with E-state index in [-0.39, 0.29) is 23.8 Å². The third-order valence-corrected chi connectivity index (χ3v) is 11.5. The van der Waals surface area contributed by atoms with Crippen molar-refractivity contribution >= 4 is 20.1 Å². The second-order valence-electron chi connectivity index (χ2n) is 7.93. The number of hydrogen-bond acceptors (Lipinski definition) is 4. The minimum Gasteiger partial charge on any atom is -0.458 e. The Morgan fingerprint density at radius 1 is 1.31 bits per heavy atom. The molecule has 0 radical (unpaired) electrons. The van der Waals surface area contributed by atoms with Crippen LogP contribution in [0.3, 0.4) is 0 Å². The second-order valence-corrected chi connectivity index (χ2v) is 12.7. The zero-order chi connectivity index (χ0) is 19.5. The van der Waals surface area contributed by atoms with Gasteiger partial charge in [-0.1, -0.05) is 33.8 Å². The Labute approximate surface area is 159 Å². The quantitative estimate of drug-likeness (QED) is 0.328. The van der Waals surface area contributed by atoms with Gasteiger partial charge in [-0.15, -0.1) is 6.58 Å². The van der Waals surface area contributed by atoms with Crippen molar-refractivity contribution in [3.8, 4) is 0 Å². The summed E-state index contributed by atoms with van der Waals surface area (Å²) in [5.74, 6) is 0.170.